The van der Waals surface area contributed by atoms with Crippen molar-refractivity contribution < 1.29 is 27.9 Å². The number of aliphatic carboxylic acids is 1. The maximum atomic E-state index is 11.8. The predicted octanol–water partition coefficient (Wildman–Crippen LogP) is 2.48. The monoisotopic (exact) mass is 364 g/mol. The minimum absolute atomic E-state index is 0.0227. The first-order chi connectivity index (χ1) is 11.2. The van der Waals surface area contributed by atoms with Crippen molar-refractivity contribution in [3.8, 4) is 0 Å². The predicted molar refractivity (Wildman–Crippen MR) is 82.6 cm³/mol. The molecule has 0 aromatic carbocycles. The summed E-state index contributed by atoms with van der Waals surface area (Å²) in [7, 11) is 0. The Kier molecular flexibility index (Phi) is 5.87. The number of nitrogens with one attached hydrogen (secondary N) is 1. The third kappa shape index (κ3) is 4.70. The zero-order valence-corrected chi connectivity index (χ0v) is 13.8. The van der Waals surface area contributed by atoms with Gasteiger partial charge in [0.15, 0.2) is 0 Å². The van der Waals surface area contributed by atoms with Crippen LogP contribution in [0.25, 0.3) is 0 Å². The molecule has 1 aromatic heterocycles. The molecule has 2 fully saturated rings. The van der Waals surface area contributed by atoms with Gasteiger partial charge in [0, 0.05) is 13.1 Å². The molecule has 0 atom stereocenters. The van der Waals surface area contributed by atoms with E-state index in [0.29, 0.717) is 5.91 Å². The van der Waals surface area contributed by atoms with Gasteiger partial charge in [-0.3, -0.25) is 9.69 Å². The fourth-order valence-corrected chi connectivity index (χ4v) is 3.63. The summed E-state index contributed by atoms with van der Waals surface area (Å²) in [6.07, 6.45) is -1.98. The third-order valence-corrected chi connectivity index (χ3v) is 5.14. The molecule has 24 heavy (non-hydrogen) atoms. The summed E-state index contributed by atoms with van der Waals surface area (Å²) in [4.78, 5) is 23.2. The molecule has 134 valence electrons. The van der Waals surface area contributed by atoms with Crippen molar-refractivity contribution in [1.29, 1.82) is 0 Å². The van der Waals surface area contributed by atoms with E-state index in [1.165, 1.54) is 5.56 Å². The van der Waals surface area contributed by atoms with Gasteiger partial charge in [-0.05, 0) is 54.7 Å². The van der Waals surface area contributed by atoms with E-state index >= 15 is 0 Å². The van der Waals surface area contributed by atoms with E-state index in [1.54, 1.807) is 11.3 Å². The standard InChI is InChI=1S/C13H18N2OS.C2HF3O2/c16-12-13(2-5-14-12)3-6-15(7-4-13)9-11-1-8-17-10-11;3-2(4,5)1(6)7/h1,8,10H,2-7,9H2,(H,14,16);(H,6,7). The molecule has 0 saturated carbocycles. The number of nitrogens with zero attached hydrogens (tertiary/aromatic N) is 1. The second kappa shape index (κ2) is 7.52. The number of thiophene rings is 1. The van der Waals surface area contributed by atoms with E-state index in [0.717, 1.165) is 45.4 Å². The van der Waals surface area contributed by atoms with Gasteiger partial charge in [0.25, 0.3) is 0 Å². The fraction of sp³-hybridized carbons (Fsp3) is 0.600. The first-order valence-corrected chi connectivity index (χ1v) is 8.49. The van der Waals surface area contributed by atoms with Gasteiger partial charge in [0.05, 0.1) is 5.41 Å². The molecule has 0 unspecified atom stereocenters. The van der Waals surface area contributed by atoms with Crippen LogP contribution in [0, 0.1) is 5.41 Å². The Balaban J connectivity index is 0.000000256. The van der Waals surface area contributed by atoms with E-state index in [9.17, 15) is 18.0 Å². The van der Waals surface area contributed by atoms with E-state index in [2.05, 4.69) is 27.0 Å². The normalized spacial score (nSPS) is 20.4. The SMILES string of the molecule is O=C(O)C(F)(F)F.O=C1NCCC12CCN(Cc1ccsc1)CC2. The Hall–Kier alpha value is -1.61. The number of amides is 1. The van der Waals surface area contributed by atoms with Crippen LogP contribution < -0.4 is 5.32 Å². The number of carbonyl (C=O) groups excluding carboxylic acids is 1. The van der Waals surface area contributed by atoms with E-state index in [1.807, 2.05) is 0 Å². The summed E-state index contributed by atoms with van der Waals surface area (Å²) >= 11 is 1.76. The van der Waals surface area contributed by atoms with E-state index < -0.39 is 12.1 Å². The van der Waals surface area contributed by atoms with Crippen molar-refractivity contribution in [3.05, 3.63) is 22.4 Å². The van der Waals surface area contributed by atoms with Crippen molar-refractivity contribution in [2.24, 2.45) is 5.41 Å². The Bertz CT molecular complexity index is 567. The van der Waals surface area contributed by atoms with Crippen LogP contribution in [0.15, 0.2) is 16.8 Å². The molecular formula is C15H19F3N2O3S. The van der Waals surface area contributed by atoms with Crippen molar-refractivity contribution in [3.63, 3.8) is 0 Å². The lowest BCUT2D eigenvalue weighted by atomic mass is 9.77. The lowest BCUT2D eigenvalue weighted by Crippen LogP contribution is -2.43. The second-order valence-corrected chi connectivity index (χ2v) is 6.78. The van der Waals surface area contributed by atoms with Crippen molar-refractivity contribution >= 4 is 23.2 Å². The van der Waals surface area contributed by atoms with Gasteiger partial charge in [-0.25, -0.2) is 4.79 Å². The maximum absolute atomic E-state index is 11.8. The topological polar surface area (TPSA) is 69.6 Å². The number of carboxylic acids is 1. The first-order valence-electron chi connectivity index (χ1n) is 7.55. The van der Waals surface area contributed by atoms with Crippen molar-refractivity contribution in [2.45, 2.75) is 32.0 Å². The van der Waals surface area contributed by atoms with Crippen molar-refractivity contribution in [2.75, 3.05) is 19.6 Å². The summed E-state index contributed by atoms with van der Waals surface area (Å²) in [5.41, 5.74) is 1.38. The van der Waals surface area contributed by atoms with Crippen LogP contribution in [0.3, 0.4) is 0 Å². The summed E-state index contributed by atoms with van der Waals surface area (Å²) in [6, 6.07) is 2.19. The number of piperidine rings is 1. The average molecular weight is 364 g/mol. The summed E-state index contributed by atoms with van der Waals surface area (Å²) < 4.78 is 31.7. The lowest BCUT2D eigenvalue weighted by molar-refractivity contribution is -0.192. The molecule has 0 radical (unpaired) electrons. The van der Waals surface area contributed by atoms with E-state index in [-0.39, 0.29) is 5.41 Å². The van der Waals surface area contributed by atoms with Gasteiger partial charge in [0.2, 0.25) is 5.91 Å². The number of carboxylic acid groups (broad SMARTS) is 1. The number of halogens is 3. The zero-order valence-electron chi connectivity index (χ0n) is 12.9. The summed E-state index contributed by atoms with van der Waals surface area (Å²) in [6.45, 7) is 4.04. The first kappa shape index (κ1) is 18.7. The minimum atomic E-state index is -5.08. The largest absolute Gasteiger partial charge is 0.490 e. The number of alkyl halides is 3. The molecule has 3 rings (SSSR count). The lowest BCUT2D eigenvalue weighted by Gasteiger charge is -2.37. The number of rotatable bonds is 2. The molecule has 3 heterocycles. The molecule has 2 aliphatic rings. The fourth-order valence-electron chi connectivity index (χ4n) is 2.97. The Labute approximate surface area is 141 Å². The van der Waals surface area contributed by atoms with Gasteiger partial charge < -0.3 is 10.4 Å². The second-order valence-electron chi connectivity index (χ2n) is 6.00. The highest BCUT2D eigenvalue weighted by atomic mass is 32.1. The van der Waals surface area contributed by atoms with Crippen LogP contribution in [0.4, 0.5) is 13.2 Å². The summed E-state index contributed by atoms with van der Waals surface area (Å²) in [5.74, 6) is -2.46. The molecule has 0 aliphatic carbocycles. The molecule has 2 aliphatic heterocycles. The molecular weight excluding hydrogens is 345 g/mol. The molecule has 1 spiro atoms. The van der Waals surface area contributed by atoms with Gasteiger partial charge in [-0.1, -0.05) is 0 Å². The summed E-state index contributed by atoms with van der Waals surface area (Å²) in [5, 5.41) is 14.5. The molecule has 1 amide bonds. The Morgan fingerprint density at radius 3 is 2.38 bits per heavy atom. The molecule has 5 nitrogen and oxygen atoms in total. The maximum Gasteiger partial charge on any atom is 0.490 e. The van der Waals surface area contributed by atoms with Crippen LogP contribution in [0.1, 0.15) is 24.8 Å². The van der Waals surface area contributed by atoms with Gasteiger partial charge >= 0.3 is 12.1 Å². The van der Waals surface area contributed by atoms with Gasteiger partial charge in [-0.2, -0.15) is 24.5 Å². The van der Waals surface area contributed by atoms with Crippen molar-refractivity contribution in [1.82, 2.24) is 10.2 Å². The smallest absolute Gasteiger partial charge is 0.475 e. The Morgan fingerprint density at radius 2 is 1.96 bits per heavy atom. The molecule has 2 saturated heterocycles. The quantitative estimate of drug-likeness (QED) is 0.846. The number of likely N-dealkylation sites (tertiary alicyclic amines) is 1. The minimum Gasteiger partial charge on any atom is -0.475 e. The molecule has 9 heteroatoms. The van der Waals surface area contributed by atoms with Crippen LogP contribution >= 0.6 is 11.3 Å². The van der Waals surface area contributed by atoms with Crippen LogP contribution in [0.5, 0.6) is 0 Å². The van der Waals surface area contributed by atoms with Gasteiger partial charge in [0.1, 0.15) is 0 Å². The average Bonchev–Trinajstić information content (AvgIpc) is 3.13. The number of hydrogen-bond donors (Lipinski definition) is 2. The van der Waals surface area contributed by atoms with Crippen LogP contribution in [-0.2, 0) is 16.1 Å². The van der Waals surface area contributed by atoms with E-state index in [4.69, 9.17) is 9.90 Å². The highest BCUT2D eigenvalue weighted by Gasteiger charge is 2.44. The molecule has 1 aromatic rings. The highest BCUT2D eigenvalue weighted by Crippen LogP contribution is 2.38. The highest BCUT2D eigenvalue weighted by molar-refractivity contribution is 7.07. The number of hydrogen-bond acceptors (Lipinski definition) is 4. The molecule has 0 bridgehead atoms. The Morgan fingerprint density at radius 1 is 1.33 bits per heavy atom. The van der Waals surface area contributed by atoms with Crippen LogP contribution in [-0.4, -0.2) is 47.7 Å². The number of carbonyl (C=O) groups is 2. The molecule has 2 N–H and O–H groups in total. The van der Waals surface area contributed by atoms with Crippen LogP contribution in [0.2, 0.25) is 0 Å². The van der Waals surface area contributed by atoms with Gasteiger partial charge in [-0.15, -0.1) is 0 Å². The zero-order chi connectivity index (χ0) is 17.8. The third-order valence-electron chi connectivity index (χ3n) is 4.41.